The lowest BCUT2D eigenvalue weighted by molar-refractivity contribution is -0.137. The van der Waals surface area contributed by atoms with Crippen LogP contribution in [-0.4, -0.2) is 66.4 Å². The van der Waals surface area contributed by atoms with Crippen molar-refractivity contribution in [2.24, 2.45) is 0 Å². The average molecular weight is 589 g/mol. The number of benzene rings is 1. The van der Waals surface area contributed by atoms with Crippen molar-refractivity contribution in [2.75, 3.05) is 60.4 Å². The van der Waals surface area contributed by atoms with Gasteiger partial charge in [-0.25, -0.2) is 14.3 Å². The first-order valence-corrected chi connectivity index (χ1v) is 12.8. The SMILES string of the molecule is CN(C)c1cc(Nc2ccc(/C=C3\C(=O)NC(=S)N3c3ncc(F)c(N4CCOCC4)n3)nc2)cc(C(F)(F)F)c1. The Kier molecular flexibility index (Phi) is 7.73. The molecule has 2 fully saturated rings. The zero-order valence-electron chi connectivity index (χ0n) is 21.9. The van der Waals surface area contributed by atoms with Crippen molar-refractivity contribution >= 4 is 58.1 Å². The van der Waals surface area contributed by atoms with E-state index in [4.69, 9.17) is 17.0 Å². The fourth-order valence-corrected chi connectivity index (χ4v) is 4.46. The summed E-state index contributed by atoms with van der Waals surface area (Å²) in [6.45, 7) is 1.73. The van der Waals surface area contributed by atoms with Crippen LogP contribution in [0, 0.1) is 5.82 Å². The summed E-state index contributed by atoms with van der Waals surface area (Å²) in [5.74, 6) is -1.07. The Morgan fingerprint density at radius 1 is 1.10 bits per heavy atom. The van der Waals surface area contributed by atoms with E-state index in [1.807, 2.05) is 0 Å². The largest absolute Gasteiger partial charge is 0.416 e. The number of ether oxygens (including phenoxy) is 1. The Hall–Kier alpha value is -4.37. The van der Waals surface area contributed by atoms with E-state index in [1.165, 1.54) is 17.2 Å². The molecule has 2 saturated heterocycles. The number of halogens is 4. The van der Waals surface area contributed by atoms with Gasteiger partial charge >= 0.3 is 6.18 Å². The number of amides is 1. The molecule has 0 aliphatic carbocycles. The van der Waals surface area contributed by atoms with Crippen LogP contribution in [0.15, 0.2) is 48.4 Å². The highest BCUT2D eigenvalue weighted by Gasteiger charge is 2.34. The van der Waals surface area contributed by atoms with Crippen molar-refractivity contribution in [3.05, 3.63) is 65.5 Å². The van der Waals surface area contributed by atoms with Gasteiger partial charge in [0.1, 0.15) is 5.70 Å². The van der Waals surface area contributed by atoms with Gasteiger partial charge in [-0.1, -0.05) is 0 Å². The Balaban J connectivity index is 1.40. The van der Waals surface area contributed by atoms with Gasteiger partial charge < -0.3 is 19.9 Å². The smallest absolute Gasteiger partial charge is 0.378 e. The summed E-state index contributed by atoms with van der Waals surface area (Å²) in [6.07, 6.45) is -0.622. The van der Waals surface area contributed by atoms with Gasteiger partial charge in [0.25, 0.3) is 5.91 Å². The van der Waals surface area contributed by atoms with E-state index in [0.717, 1.165) is 18.3 Å². The lowest BCUT2D eigenvalue weighted by Crippen LogP contribution is -2.38. The number of nitrogens with zero attached hydrogens (tertiary/aromatic N) is 6. The molecule has 2 aromatic heterocycles. The molecule has 1 aromatic carbocycles. The van der Waals surface area contributed by atoms with Crippen LogP contribution in [0.4, 0.5) is 46.4 Å². The molecule has 1 amide bonds. The number of anilines is 5. The Labute approximate surface area is 237 Å². The summed E-state index contributed by atoms with van der Waals surface area (Å²) >= 11 is 5.32. The lowest BCUT2D eigenvalue weighted by Gasteiger charge is -2.28. The number of alkyl halides is 3. The van der Waals surface area contributed by atoms with Crippen molar-refractivity contribution in [2.45, 2.75) is 6.18 Å². The molecule has 3 aromatic rings. The summed E-state index contributed by atoms with van der Waals surface area (Å²) in [4.78, 5) is 30.0. The number of rotatable bonds is 6. The lowest BCUT2D eigenvalue weighted by atomic mass is 10.1. The predicted octanol–water partition coefficient (Wildman–Crippen LogP) is 3.94. The first kappa shape index (κ1) is 28.2. The van der Waals surface area contributed by atoms with Gasteiger partial charge in [-0.05, 0) is 48.6 Å². The maximum atomic E-state index is 14.6. The summed E-state index contributed by atoms with van der Waals surface area (Å²) in [6, 6.07) is 6.85. The Bertz CT molecular complexity index is 1510. The average Bonchev–Trinajstić information content (AvgIpc) is 3.22. The van der Waals surface area contributed by atoms with E-state index in [9.17, 15) is 22.4 Å². The molecule has 10 nitrogen and oxygen atoms in total. The van der Waals surface area contributed by atoms with Gasteiger partial charge in [0.05, 0.1) is 42.6 Å². The van der Waals surface area contributed by atoms with Crippen molar-refractivity contribution in [1.29, 1.82) is 0 Å². The van der Waals surface area contributed by atoms with Crippen LogP contribution in [0.25, 0.3) is 6.08 Å². The van der Waals surface area contributed by atoms with Crippen molar-refractivity contribution in [3.8, 4) is 0 Å². The van der Waals surface area contributed by atoms with Gasteiger partial charge in [0, 0.05) is 38.6 Å². The van der Waals surface area contributed by atoms with Crippen LogP contribution in [0.2, 0.25) is 0 Å². The quantitative estimate of drug-likeness (QED) is 0.250. The Morgan fingerprint density at radius 3 is 2.51 bits per heavy atom. The van der Waals surface area contributed by atoms with E-state index in [1.54, 1.807) is 42.1 Å². The third-order valence-corrected chi connectivity index (χ3v) is 6.53. The molecule has 0 bridgehead atoms. The summed E-state index contributed by atoms with van der Waals surface area (Å²) in [5.41, 5.74) is 0.660. The third kappa shape index (κ3) is 6.20. The number of hydrogen-bond acceptors (Lipinski definition) is 9. The third-order valence-electron chi connectivity index (χ3n) is 6.24. The number of thiocarbonyl (C=S) groups is 1. The first-order valence-electron chi connectivity index (χ1n) is 12.3. The molecule has 0 unspecified atom stereocenters. The minimum Gasteiger partial charge on any atom is -0.378 e. The minimum atomic E-state index is -4.51. The molecule has 2 aliphatic rings. The molecule has 2 N–H and O–H groups in total. The van der Waals surface area contributed by atoms with Gasteiger partial charge in [-0.15, -0.1) is 0 Å². The monoisotopic (exact) mass is 588 g/mol. The van der Waals surface area contributed by atoms with Crippen LogP contribution in [0.3, 0.4) is 0 Å². The zero-order valence-corrected chi connectivity index (χ0v) is 22.7. The number of nitrogens with one attached hydrogen (secondary N) is 2. The highest BCUT2D eigenvalue weighted by atomic mass is 32.1. The van der Waals surface area contributed by atoms with Gasteiger partial charge in [-0.3, -0.25) is 15.1 Å². The van der Waals surface area contributed by atoms with Crippen LogP contribution in [0.5, 0.6) is 0 Å². The molecule has 4 heterocycles. The molecule has 5 rings (SSSR count). The zero-order chi connectivity index (χ0) is 29.3. The number of morpholine rings is 1. The molecule has 0 spiro atoms. The molecule has 0 radical (unpaired) electrons. The molecule has 15 heteroatoms. The van der Waals surface area contributed by atoms with E-state index in [2.05, 4.69) is 25.6 Å². The molecule has 2 aliphatic heterocycles. The fourth-order valence-electron chi connectivity index (χ4n) is 4.19. The Morgan fingerprint density at radius 2 is 1.85 bits per heavy atom. The second-order valence-corrected chi connectivity index (χ2v) is 9.71. The number of aromatic nitrogens is 3. The van der Waals surface area contributed by atoms with E-state index in [0.29, 0.717) is 43.4 Å². The fraction of sp³-hybridized carbons (Fsp3) is 0.269. The minimum absolute atomic E-state index is 0.00187. The predicted molar refractivity (Wildman–Crippen MR) is 150 cm³/mol. The first-order chi connectivity index (χ1) is 19.5. The maximum Gasteiger partial charge on any atom is 0.416 e. The van der Waals surface area contributed by atoms with E-state index >= 15 is 0 Å². The van der Waals surface area contributed by atoms with Gasteiger partial charge in [0.15, 0.2) is 16.7 Å². The number of carbonyl (C=O) groups excluding carboxylic acids is 1. The van der Waals surface area contributed by atoms with Crippen LogP contribution >= 0.6 is 12.2 Å². The second kappa shape index (κ2) is 11.2. The van der Waals surface area contributed by atoms with Crippen molar-refractivity contribution in [1.82, 2.24) is 20.3 Å². The van der Waals surface area contributed by atoms with E-state index in [-0.39, 0.29) is 28.3 Å². The summed E-state index contributed by atoms with van der Waals surface area (Å²) < 4.78 is 60.1. The number of hydrogen-bond donors (Lipinski definition) is 2. The van der Waals surface area contributed by atoms with E-state index < -0.39 is 23.5 Å². The standard InChI is InChI=1S/C26H24F4N8O2S/c1-36(2)19-10-15(26(28,29)30)9-18(11-19)33-17-4-3-16(31-13-17)12-21-23(39)35-25(41)38(21)24-32-14-20(27)22(34-24)37-5-7-40-8-6-37/h3-4,9-14,33H,5-8H2,1-2H3,(H,35,39,41)/b21-12+. The van der Waals surface area contributed by atoms with Crippen LogP contribution in [-0.2, 0) is 15.7 Å². The molecule has 214 valence electrons. The molecule has 0 atom stereocenters. The molecular weight excluding hydrogens is 564 g/mol. The van der Waals surface area contributed by atoms with Crippen molar-refractivity contribution in [3.63, 3.8) is 0 Å². The second-order valence-electron chi connectivity index (χ2n) is 9.32. The molecule has 41 heavy (non-hydrogen) atoms. The highest BCUT2D eigenvalue weighted by molar-refractivity contribution is 7.80. The molecule has 0 saturated carbocycles. The maximum absolute atomic E-state index is 14.6. The topological polar surface area (TPSA) is 98.8 Å². The summed E-state index contributed by atoms with van der Waals surface area (Å²) in [5, 5.41) is 5.48. The summed E-state index contributed by atoms with van der Waals surface area (Å²) in [7, 11) is 3.30. The van der Waals surface area contributed by atoms with Crippen LogP contribution < -0.4 is 25.3 Å². The van der Waals surface area contributed by atoms with Gasteiger partial charge in [0.2, 0.25) is 5.95 Å². The normalized spacial score (nSPS) is 16.8. The van der Waals surface area contributed by atoms with Crippen LogP contribution in [0.1, 0.15) is 11.3 Å². The number of carbonyl (C=O) groups is 1. The van der Waals surface area contributed by atoms with Gasteiger partial charge in [-0.2, -0.15) is 18.2 Å². The highest BCUT2D eigenvalue weighted by Crippen LogP contribution is 2.35. The van der Waals surface area contributed by atoms with Crippen molar-refractivity contribution < 1.29 is 27.1 Å². The number of pyridine rings is 1. The molecular formula is C26H24F4N8O2S.